The first-order valence-corrected chi connectivity index (χ1v) is 12.0. The molecule has 172 valence electrons. The van der Waals surface area contributed by atoms with Gasteiger partial charge in [-0.25, -0.2) is 4.39 Å². The van der Waals surface area contributed by atoms with Gasteiger partial charge in [0.05, 0.1) is 4.91 Å². The SMILES string of the molecule is O=C1N=C(N2CCN(c3ccc(F)cc3)CC2)S/C1=C\c1ccc(OCc2ccccc2)cc1. The minimum atomic E-state index is -0.230. The molecule has 1 amide bonds. The van der Waals surface area contributed by atoms with E-state index in [1.54, 1.807) is 12.1 Å². The van der Waals surface area contributed by atoms with E-state index in [4.69, 9.17) is 4.74 Å². The molecule has 5 nitrogen and oxygen atoms in total. The fourth-order valence-electron chi connectivity index (χ4n) is 3.89. The van der Waals surface area contributed by atoms with E-state index in [0.717, 1.165) is 53.9 Å². The maximum atomic E-state index is 13.2. The summed E-state index contributed by atoms with van der Waals surface area (Å²) in [5.41, 5.74) is 3.06. The second kappa shape index (κ2) is 10.1. The van der Waals surface area contributed by atoms with Gasteiger partial charge in [-0.1, -0.05) is 42.5 Å². The summed E-state index contributed by atoms with van der Waals surface area (Å²) in [5, 5.41) is 0.748. The van der Waals surface area contributed by atoms with Crippen LogP contribution in [0.15, 0.2) is 88.8 Å². The number of carbonyl (C=O) groups excluding carboxylic acids is 1. The van der Waals surface area contributed by atoms with Gasteiger partial charge in [0.25, 0.3) is 5.91 Å². The Hall–Kier alpha value is -3.58. The summed E-state index contributed by atoms with van der Waals surface area (Å²) in [4.78, 5) is 21.8. The molecule has 0 saturated carbocycles. The molecule has 0 radical (unpaired) electrons. The van der Waals surface area contributed by atoms with Crippen molar-refractivity contribution in [1.82, 2.24) is 4.90 Å². The molecule has 0 aromatic heterocycles. The highest BCUT2D eigenvalue weighted by Gasteiger charge is 2.28. The van der Waals surface area contributed by atoms with Gasteiger partial charge in [-0.15, -0.1) is 0 Å². The van der Waals surface area contributed by atoms with E-state index in [-0.39, 0.29) is 11.7 Å². The molecule has 0 aliphatic carbocycles. The molecule has 3 aromatic carbocycles. The molecule has 0 spiro atoms. The van der Waals surface area contributed by atoms with Gasteiger partial charge in [0.15, 0.2) is 5.17 Å². The number of halogens is 1. The van der Waals surface area contributed by atoms with Crippen LogP contribution in [0, 0.1) is 5.82 Å². The zero-order chi connectivity index (χ0) is 23.3. The molecular formula is C27H24FN3O2S. The molecule has 1 saturated heterocycles. The lowest BCUT2D eigenvalue weighted by Gasteiger charge is -2.36. The first-order valence-electron chi connectivity index (χ1n) is 11.2. The third-order valence-corrected chi connectivity index (χ3v) is 6.82. The average Bonchev–Trinajstić information content (AvgIpc) is 3.25. The number of benzene rings is 3. The van der Waals surface area contributed by atoms with Crippen molar-refractivity contribution in [2.45, 2.75) is 6.61 Å². The van der Waals surface area contributed by atoms with Crippen molar-refractivity contribution in [3.63, 3.8) is 0 Å². The first kappa shape index (κ1) is 22.2. The number of hydrogen-bond acceptors (Lipinski definition) is 5. The third kappa shape index (κ3) is 5.31. The number of aliphatic imine (C=N–C) groups is 1. The zero-order valence-corrected chi connectivity index (χ0v) is 19.4. The lowest BCUT2D eigenvalue weighted by atomic mass is 10.2. The first-order chi connectivity index (χ1) is 16.6. The molecule has 0 atom stereocenters. The largest absolute Gasteiger partial charge is 0.489 e. The second-order valence-corrected chi connectivity index (χ2v) is 9.11. The number of rotatable bonds is 5. The molecule has 2 aliphatic rings. The van der Waals surface area contributed by atoms with E-state index < -0.39 is 0 Å². The van der Waals surface area contributed by atoms with Crippen LogP contribution < -0.4 is 9.64 Å². The van der Waals surface area contributed by atoms with Crippen molar-refractivity contribution in [2.24, 2.45) is 4.99 Å². The van der Waals surface area contributed by atoms with Crippen molar-refractivity contribution < 1.29 is 13.9 Å². The zero-order valence-electron chi connectivity index (χ0n) is 18.6. The molecule has 2 aliphatic heterocycles. The van der Waals surface area contributed by atoms with Crippen molar-refractivity contribution in [1.29, 1.82) is 0 Å². The Balaban J connectivity index is 1.16. The number of thioether (sulfide) groups is 1. The van der Waals surface area contributed by atoms with Crippen LogP contribution in [0.3, 0.4) is 0 Å². The Bertz CT molecular complexity index is 1200. The van der Waals surface area contributed by atoms with Gasteiger partial charge in [0.2, 0.25) is 0 Å². The molecule has 0 unspecified atom stereocenters. The van der Waals surface area contributed by atoms with Crippen LogP contribution in [-0.2, 0) is 11.4 Å². The van der Waals surface area contributed by atoms with E-state index >= 15 is 0 Å². The van der Waals surface area contributed by atoms with Gasteiger partial charge in [0, 0.05) is 31.9 Å². The van der Waals surface area contributed by atoms with Gasteiger partial charge in [0.1, 0.15) is 18.2 Å². The molecular weight excluding hydrogens is 449 g/mol. The summed E-state index contributed by atoms with van der Waals surface area (Å²) in [6.45, 7) is 3.63. The van der Waals surface area contributed by atoms with Crippen molar-refractivity contribution in [2.75, 3.05) is 31.1 Å². The number of piperazine rings is 1. The minimum Gasteiger partial charge on any atom is -0.489 e. The smallest absolute Gasteiger partial charge is 0.286 e. The third-order valence-electron chi connectivity index (χ3n) is 5.78. The average molecular weight is 474 g/mol. The van der Waals surface area contributed by atoms with E-state index in [0.29, 0.717) is 11.5 Å². The van der Waals surface area contributed by atoms with Crippen LogP contribution in [0.25, 0.3) is 6.08 Å². The molecule has 34 heavy (non-hydrogen) atoms. The monoisotopic (exact) mass is 473 g/mol. The van der Waals surface area contributed by atoms with E-state index in [1.165, 1.54) is 23.9 Å². The molecule has 3 aromatic rings. The highest BCUT2D eigenvalue weighted by Crippen LogP contribution is 2.31. The Morgan fingerprint density at radius 3 is 2.26 bits per heavy atom. The van der Waals surface area contributed by atoms with Crippen LogP contribution in [0.1, 0.15) is 11.1 Å². The summed E-state index contributed by atoms with van der Waals surface area (Å²) < 4.78 is 19.0. The highest BCUT2D eigenvalue weighted by atomic mass is 32.2. The predicted molar refractivity (Wildman–Crippen MR) is 135 cm³/mol. The number of ether oxygens (including phenoxy) is 1. The van der Waals surface area contributed by atoms with E-state index in [9.17, 15) is 9.18 Å². The van der Waals surface area contributed by atoms with Gasteiger partial charge < -0.3 is 14.5 Å². The quantitative estimate of drug-likeness (QED) is 0.477. The number of amidine groups is 1. The number of carbonyl (C=O) groups is 1. The minimum absolute atomic E-state index is 0.203. The predicted octanol–water partition coefficient (Wildman–Crippen LogP) is 5.20. The van der Waals surface area contributed by atoms with Gasteiger partial charge in [-0.2, -0.15) is 4.99 Å². The molecule has 2 heterocycles. The Kier molecular flexibility index (Phi) is 6.62. The van der Waals surface area contributed by atoms with Crippen molar-refractivity contribution in [3.8, 4) is 5.75 Å². The Labute approximate surface area is 202 Å². The summed E-state index contributed by atoms with van der Waals surface area (Å²) >= 11 is 1.42. The maximum Gasteiger partial charge on any atom is 0.286 e. The summed E-state index contributed by atoms with van der Waals surface area (Å²) in [6, 6.07) is 24.3. The van der Waals surface area contributed by atoms with Gasteiger partial charge >= 0.3 is 0 Å². The Morgan fingerprint density at radius 1 is 0.882 bits per heavy atom. The van der Waals surface area contributed by atoms with Crippen LogP contribution in [0.4, 0.5) is 10.1 Å². The Morgan fingerprint density at radius 2 is 1.56 bits per heavy atom. The van der Waals surface area contributed by atoms with Crippen LogP contribution in [0.5, 0.6) is 5.75 Å². The summed E-state index contributed by atoms with van der Waals surface area (Å²) in [7, 11) is 0. The lowest BCUT2D eigenvalue weighted by molar-refractivity contribution is -0.113. The molecule has 1 fully saturated rings. The van der Waals surface area contributed by atoms with Crippen molar-refractivity contribution >= 4 is 34.6 Å². The van der Waals surface area contributed by atoms with Gasteiger partial charge in [-0.3, -0.25) is 4.79 Å². The number of anilines is 1. The summed E-state index contributed by atoms with van der Waals surface area (Å²) in [6.07, 6.45) is 1.87. The summed E-state index contributed by atoms with van der Waals surface area (Å²) in [5.74, 6) is 0.351. The maximum absolute atomic E-state index is 13.2. The number of hydrogen-bond donors (Lipinski definition) is 0. The highest BCUT2D eigenvalue weighted by molar-refractivity contribution is 8.18. The number of amides is 1. The van der Waals surface area contributed by atoms with E-state index in [1.807, 2.05) is 60.7 Å². The molecule has 0 bridgehead atoms. The topological polar surface area (TPSA) is 45.1 Å². The lowest BCUT2D eigenvalue weighted by Crippen LogP contribution is -2.47. The molecule has 5 rings (SSSR count). The van der Waals surface area contributed by atoms with Gasteiger partial charge in [-0.05, 0) is 65.4 Å². The standard InChI is InChI=1S/C27H24FN3O2S/c28-22-8-10-23(11-9-22)30-14-16-31(17-15-30)27-29-26(32)25(34-27)18-20-6-12-24(13-7-20)33-19-21-4-2-1-3-5-21/h1-13,18H,14-17,19H2/b25-18-. The van der Waals surface area contributed by atoms with Crippen molar-refractivity contribution in [3.05, 3.63) is 101 Å². The molecule has 0 N–H and O–H groups in total. The fourth-order valence-corrected chi connectivity index (χ4v) is 4.86. The van der Waals surface area contributed by atoms with Crippen LogP contribution >= 0.6 is 11.8 Å². The van der Waals surface area contributed by atoms with E-state index in [2.05, 4.69) is 14.8 Å². The molecule has 7 heteroatoms. The van der Waals surface area contributed by atoms with Crippen LogP contribution in [-0.4, -0.2) is 42.2 Å². The second-order valence-electron chi connectivity index (χ2n) is 8.10. The van der Waals surface area contributed by atoms with Crippen LogP contribution in [0.2, 0.25) is 0 Å². The normalized spacial score (nSPS) is 17.3. The number of nitrogens with zero attached hydrogens (tertiary/aromatic N) is 3. The fraction of sp³-hybridized carbons (Fsp3) is 0.185.